The van der Waals surface area contributed by atoms with Crippen LogP contribution >= 0.6 is 0 Å². The van der Waals surface area contributed by atoms with E-state index in [0.29, 0.717) is 11.5 Å². The Hall–Kier alpha value is -1.54. The van der Waals surface area contributed by atoms with Gasteiger partial charge in [-0.25, -0.2) is 0 Å². The highest BCUT2D eigenvalue weighted by Crippen LogP contribution is 2.39. The molecule has 4 rings (SSSR count). The van der Waals surface area contributed by atoms with Gasteiger partial charge in [-0.2, -0.15) is 0 Å². The minimum absolute atomic E-state index is 0.381. The summed E-state index contributed by atoms with van der Waals surface area (Å²) < 4.78 is 6.37. The Kier molecular flexibility index (Phi) is 5.69. The van der Waals surface area contributed by atoms with Gasteiger partial charge < -0.3 is 4.74 Å². The monoisotopic (exact) mass is 379 g/mol. The first-order valence-corrected chi connectivity index (χ1v) is 11.3. The van der Waals surface area contributed by atoms with E-state index in [1.165, 1.54) is 61.4 Å². The van der Waals surface area contributed by atoms with Crippen molar-refractivity contribution in [3.8, 4) is 5.75 Å². The molecule has 0 spiro atoms. The number of fused-ring (bicyclic) bond motifs is 1. The van der Waals surface area contributed by atoms with Gasteiger partial charge in [-0.3, -0.25) is 4.90 Å². The number of nitrogens with zero attached hydrogens (tertiary/aromatic N) is 1. The highest BCUT2D eigenvalue weighted by atomic mass is 16.5. The maximum absolute atomic E-state index is 6.37. The van der Waals surface area contributed by atoms with Crippen LogP contribution in [0, 0.1) is 11.3 Å². The highest BCUT2D eigenvalue weighted by Gasteiger charge is 2.30. The molecule has 2 heteroatoms. The summed E-state index contributed by atoms with van der Waals surface area (Å²) in [6.07, 6.45) is 8.02. The minimum atomic E-state index is 0.381. The molecule has 2 aromatic rings. The Morgan fingerprint density at radius 2 is 1.64 bits per heavy atom. The van der Waals surface area contributed by atoms with Crippen molar-refractivity contribution in [2.75, 3.05) is 6.54 Å². The van der Waals surface area contributed by atoms with Gasteiger partial charge in [0, 0.05) is 12.6 Å². The average Bonchev–Trinajstić information content (AvgIpc) is 3.06. The predicted molar refractivity (Wildman–Crippen MR) is 119 cm³/mol. The molecule has 1 aliphatic carbocycles. The SMILES string of the molecule is C[C@@H]1CCCN1Cc1ccc2cc(OC3CCC(C(C)(C)C)CC3)ccc2c1. The lowest BCUT2D eigenvalue weighted by Crippen LogP contribution is -2.30. The molecule has 0 aromatic heterocycles. The van der Waals surface area contributed by atoms with E-state index >= 15 is 0 Å². The minimum Gasteiger partial charge on any atom is -0.490 e. The number of hydrogen-bond acceptors (Lipinski definition) is 2. The van der Waals surface area contributed by atoms with Crippen molar-refractivity contribution >= 4 is 10.8 Å². The summed E-state index contributed by atoms with van der Waals surface area (Å²) >= 11 is 0. The zero-order valence-electron chi connectivity index (χ0n) is 18.2. The maximum atomic E-state index is 6.37. The topological polar surface area (TPSA) is 12.5 Å². The summed E-state index contributed by atoms with van der Waals surface area (Å²) in [5.74, 6) is 1.87. The largest absolute Gasteiger partial charge is 0.490 e. The molecule has 0 N–H and O–H groups in total. The second-order valence-corrected chi connectivity index (χ2v) is 10.3. The van der Waals surface area contributed by atoms with Crippen molar-refractivity contribution in [3.05, 3.63) is 42.0 Å². The molecule has 1 aliphatic heterocycles. The summed E-state index contributed by atoms with van der Waals surface area (Å²) in [7, 11) is 0. The molecule has 28 heavy (non-hydrogen) atoms. The van der Waals surface area contributed by atoms with Crippen LogP contribution in [-0.2, 0) is 6.54 Å². The van der Waals surface area contributed by atoms with Crippen LogP contribution in [0.25, 0.3) is 10.8 Å². The first-order chi connectivity index (χ1) is 13.4. The third-order valence-corrected chi connectivity index (χ3v) is 7.15. The zero-order valence-corrected chi connectivity index (χ0v) is 18.2. The van der Waals surface area contributed by atoms with Gasteiger partial charge in [0.05, 0.1) is 6.10 Å². The second-order valence-electron chi connectivity index (χ2n) is 10.3. The molecule has 1 atom stereocenters. The van der Waals surface area contributed by atoms with E-state index in [-0.39, 0.29) is 0 Å². The quantitative estimate of drug-likeness (QED) is 0.578. The molecular formula is C26H37NO. The van der Waals surface area contributed by atoms with Crippen molar-refractivity contribution < 1.29 is 4.74 Å². The molecule has 0 radical (unpaired) electrons. The van der Waals surface area contributed by atoms with Crippen molar-refractivity contribution in [1.29, 1.82) is 0 Å². The van der Waals surface area contributed by atoms with Crippen LogP contribution in [0.4, 0.5) is 0 Å². The first kappa shape index (κ1) is 19.8. The number of hydrogen-bond donors (Lipinski definition) is 0. The van der Waals surface area contributed by atoms with Crippen molar-refractivity contribution in [2.45, 2.75) is 84.9 Å². The fourth-order valence-electron chi connectivity index (χ4n) is 5.15. The normalized spacial score (nSPS) is 26.6. The van der Waals surface area contributed by atoms with Crippen LogP contribution in [0.1, 0.15) is 71.8 Å². The van der Waals surface area contributed by atoms with E-state index in [4.69, 9.17) is 4.74 Å². The molecule has 1 saturated heterocycles. The lowest BCUT2D eigenvalue weighted by Gasteiger charge is -2.37. The number of likely N-dealkylation sites (tertiary alicyclic amines) is 1. The number of ether oxygens (including phenoxy) is 1. The zero-order chi connectivity index (χ0) is 19.7. The maximum Gasteiger partial charge on any atom is 0.120 e. The summed E-state index contributed by atoms with van der Waals surface area (Å²) in [6, 6.07) is 14.3. The lowest BCUT2D eigenvalue weighted by atomic mass is 9.72. The first-order valence-electron chi connectivity index (χ1n) is 11.3. The van der Waals surface area contributed by atoms with Crippen LogP contribution < -0.4 is 4.74 Å². The van der Waals surface area contributed by atoms with Crippen molar-refractivity contribution in [2.24, 2.45) is 11.3 Å². The molecule has 2 aliphatic rings. The van der Waals surface area contributed by atoms with Gasteiger partial charge in [0.1, 0.15) is 5.75 Å². The summed E-state index contributed by atoms with van der Waals surface area (Å²) in [6.45, 7) is 11.8. The van der Waals surface area contributed by atoms with Crippen LogP contribution in [0.15, 0.2) is 36.4 Å². The molecular weight excluding hydrogens is 342 g/mol. The third kappa shape index (κ3) is 4.54. The van der Waals surface area contributed by atoms with E-state index < -0.39 is 0 Å². The standard InChI is InChI=1S/C26H37NO/c1-19-6-5-15-27(19)18-20-7-8-22-17-25(12-9-21(22)16-20)28-24-13-10-23(11-14-24)26(2,3)4/h7-9,12,16-17,19,23-24H,5-6,10-11,13-15,18H2,1-4H3/t19-,23?,24?/m1/s1. The van der Waals surface area contributed by atoms with Crippen LogP contribution in [0.2, 0.25) is 0 Å². The van der Waals surface area contributed by atoms with Crippen molar-refractivity contribution in [1.82, 2.24) is 4.90 Å². The second kappa shape index (κ2) is 8.06. The van der Waals surface area contributed by atoms with Gasteiger partial charge in [0.15, 0.2) is 0 Å². The Balaban J connectivity index is 1.39. The predicted octanol–water partition coefficient (Wildman–Crippen LogP) is 6.81. The smallest absolute Gasteiger partial charge is 0.120 e. The molecule has 2 aromatic carbocycles. The van der Waals surface area contributed by atoms with Crippen LogP contribution in [-0.4, -0.2) is 23.6 Å². The Labute approximate surface area is 171 Å². The van der Waals surface area contributed by atoms with Gasteiger partial charge in [0.25, 0.3) is 0 Å². The fraction of sp³-hybridized carbons (Fsp3) is 0.615. The Morgan fingerprint density at radius 1 is 0.929 bits per heavy atom. The molecule has 1 saturated carbocycles. The van der Waals surface area contributed by atoms with E-state index in [1.807, 2.05) is 0 Å². The molecule has 0 amide bonds. The van der Waals surface area contributed by atoms with Crippen LogP contribution in [0.5, 0.6) is 5.75 Å². The van der Waals surface area contributed by atoms with Gasteiger partial charge >= 0.3 is 0 Å². The fourth-order valence-corrected chi connectivity index (χ4v) is 5.15. The van der Waals surface area contributed by atoms with Gasteiger partial charge in [-0.1, -0.05) is 39.0 Å². The summed E-state index contributed by atoms with van der Waals surface area (Å²) in [5, 5.41) is 2.62. The molecule has 0 bridgehead atoms. The number of benzene rings is 2. The van der Waals surface area contributed by atoms with Gasteiger partial charge in [0.2, 0.25) is 0 Å². The van der Waals surface area contributed by atoms with E-state index in [0.717, 1.165) is 24.3 Å². The Morgan fingerprint density at radius 3 is 2.32 bits per heavy atom. The highest BCUT2D eigenvalue weighted by molar-refractivity contribution is 5.84. The van der Waals surface area contributed by atoms with E-state index in [2.05, 4.69) is 69.0 Å². The van der Waals surface area contributed by atoms with Crippen molar-refractivity contribution in [3.63, 3.8) is 0 Å². The molecule has 2 nitrogen and oxygen atoms in total. The molecule has 1 heterocycles. The van der Waals surface area contributed by atoms with Gasteiger partial charge in [-0.15, -0.1) is 0 Å². The summed E-state index contributed by atoms with van der Waals surface area (Å²) in [4.78, 5) is 2.60. The molecule has 0 unspecified atom stereocenters. The third-order valence-electron chi connectivity index (χ3n) is 7.15. The van der Waals surface area contributed by atoms with E-state index in [1.54, 1.807) is 0 Å². The molecule has 152 valence electrons. The average molecular weight is 380 g/mol. The lowest BCUT2D eigenvalue weighted by molar-refractivity contribution is 0.0883. The number of rotatable bonds is 4. The Bertz CT molecular complexity index is 798. The summed E-state index contributed by atoms with van der Waals surface area (Å²) in [5.41, 5.74) is 1.86. The van der Waals surface area contributed by atoms with Crippen LogP contribution in [0.3, 0.4) is 0 Å². The van der Waals surface area contributed by atoms with E-state index in [9.17, 15) is 0 Å². The molecule has 2 fully saturated rings. The van der Waals surface area contributed by atoms with Gasteiger partial charge in [-0.05, 0) is 97.9 Å².